The molecule has 2 aromatic rings. The minimum absolute atomic E-state index is 0.329. The summed E-state index contributed by atoms with van der Waals surface area (Å²) in [6, 6.07) is 14.8. The minimum Gasteiger partial charge on any atom is -0.453 e. The first kappa shape index (κ1) is 12.2. The zero-order valence-electron chi connectivity index (χ0n) is 10.4. The average Bonchev–Trinajstić information content (AvgIpc) is 2.78. The molecule has 2 nitrogen and oxygen atoms in total. The highest BCUT2D eigenvalue weighted by molar-refractivity contribution is 6.61. The van der Waals surface area contributed by atoms with Crippen molar-refractivity contribution >= 4 is 17.0 Å². The molecular weight excluding hydrogens is 260 g/mol. The van der Waals surface area contributed by atoms with Crippen LogP contribution in [0.1, 0.15) is 16.7 Å². The van der Waals surface area contributed by atoms with E-state index in [9.17, 15) is 4.79 Å². The van der Waals surface area contributed by atoms with Gasteiger partial charge >= 0.3 is 5.43 Å². The van der Waals surface area contributed by atoms with Crippen molar-refractivity contribution in [3.8, 4) is 11.1 Å². The summed E-state index contributed by atoms with van der Waals surface area (Å²) >= 11 is 5.17. The number of carbonyl (C=O) groups is 1. The monoisotopic (exact) mass is 272 g/mol. The van der Waals surface area contributed by atoms with E-state index in [1.807, 2.05) is 0 Å². The van der Waals surface area contributed by atoms with E-state index in [-0.39, 0.29) is 0 Å². The Hall–Kier alpha value is -1.80. The van der Waals surface area contributed by atoms with Gasteiger partial charge in [-0.05, 0) is 34.2 Å². The average molecular weight is 273 g/mol. The lowest BCUT2D eigenvalue weighted by atomic mass is 9.99. The van der Waals surface area contributed by atoms with Gasteiger partial charge < -0.3 is 4.74 Å². The Balaban J connectivity index is 1.88. The van der Waals surface area contributed by atoms with E-state index in [0.717, 1.165) is 6.42 Å². The first-order valence-corrected chi connectivity index (χ1v) is 6.65. The van der Waals surface area contributed by atoms with Gasteiger partial charge in [-0.1, -0.05) is 42.5 Å². The molecule has 96 valence electrons. The van der Waals surface area contributed by atoms with Crippen molar-refractivity contribution in [2.24, 2.45) is 0 Å². The van der Waals surface area contributed by atoms with E-state index >= 15 is 0 Å². The molecule has 1 aliphatic rings. The van der Waals surface area contributed by atoms with Crippen LogP contribution in [0.3, 0.4) is 0 Å². The maximum absolute atomic E-state index is 10.6. The van der Waals surface area contributed by atoms with Crippen LogP contribution in [0.2, 0.25) is 0 Å². The SMILES string of the molecule is O=C(Cl)OCCc1cccc2c1Cc1ccccc1-2. The van der Waals surface area contributed by atoms with Gasteiger partial charge in [-0.2, -0.15) is 0 Å². The fourth-order valence-corrected chi connectivity index (χ4v) is 2.78. The third-order valence-electron chi connectivity index (χ3n) is 3.53. The molecule has 2 aromatic carbocycles. The number of rotatable bonds is 3. The Morgan fingerprint density at radius 2 is 1.89 bits per heavy atom. The van der Waals surface area contributed by atoms with Gasteiger partial charge in [-0.15, -0.1) is 0 Å². The zero-order valence-corrected chi connectivity index (χ0v) is 11.1. The standard InChI is InChI=1S/C16H13ClO2/c17-16(18)19-9-8-11-5-3-7-14-13-6-2-1-4-12(13)10-15(11)14/h1-7H,8-10H2. The van der Waals surface area contributed by atoms with E-state index in [0.29, 0.717) is 13.0 Å². The van der Waals surface area contributed by atoms with Gasteiger partial charge in [-0.25, -0.2) is 4.79 Å². The molecule has 0 aromatic heterocycles. The van der Waals surface area contributed by atoms with Crippen molar-refractivity contribution in [1.29, 1.82) is 0 Å². The molecule has 0 N–H and O–H groups in total. The van der Waals surface area contributed by atoms with Crippen LogP contribution < -0.4 is 0 Å². The summed E-state index contributed by atoms with van der Waals surface area (Å²) in [7, 11) is 0. The third-order valence-corrected chi connectivity index (χ3v) is 3.64. The van der Waals surface area contributed by atoms with Gasteiger partial charge in [0, 0.05) is 18.0 Å². The van der Waals surface area contributed by atoms with Gasteiger partial charge in [0.2, 0.25) is 0 Å². The highest BCUT2D eigenvalue weighted by atomic mass is 35.5. The van der Waals surface area contributed by atoms with Gasteiger partial charge in [0.1, 0.15) is 0 Å². The van der Waals surface area contributed by atoms with E-state index < -0.39 is 5.43 Å². The highest BCUT2D eigenvalue weighted by Gasteiger charge is 2.19. The normalized spacial score (nSPS) is 11.8. The lowest BCUT2D eigenvalue weighted by Crippen LogP contribution is -2.02. The van der Waals surface area contributed by atoms with Gasteiger partial charge in [0.15, 0.2) is 0 Å². The summed E-state index contributed by atoms with van der Waals surface area (Å²) in [6.45, 7) is 0.329. The third kappa shape index (κ3) is 2.36. The summed E-state index contributed by atoms with van der Waals surface area (Å²) in [5.41, 5.74) is 5.80. The number of fused-ring (bicyclic) bond motifs is 3. The van der Waals surface area contributed by atoms with Crippen molar-refractivity contribution < 1.29 is 9.53 Å². The van der Waals surface area contributed by atoms with Crippen molar-refractivity contribution in [2.75, 3.05) is 6.61 Å². The Kier molecular flexibility index (Phi) is 3.26. The molecule has 0 saturated heterocycles. The molecule has 3 rings (SSSR count). The molecule has 0 fully saturated rings. The molecule has 0 spiro atoms. The molecule has 0 unspecified atom stereocenters. The lowest BCUT2D eigenvalue weighted by molar-refractivity contribution is 0.175. The number of hydrogen-bond donors (Lipinski definition) is 0. The summed E-state index contributed by atoms with van der Waals surface area (Å²) in [4.78, 5) is 10.6. The van der Waals surface area contributed by atoms with E-state index in [4.69, 9.17) is 16.3 Å². The van der Waals surface area contributed by atoms with Crippen LogP contribution in [-0.4, -0.2) is 12.0 Å². The predicted molar refractivity (Wildman–Crippen MR) is 75.6 cm³/mol. The quantitative estimate of drug-likeness (QED) is 0.669. The van der Waals surface area contributed by atoms with Crippen molar-refractivity contribution in [2.45, 2.75) is 12.8 Å². The summed E-state index contributed by atoms with van der Waals surface area (Å²) < 4.78 is 4.81. The smallest absolute Gasteiger partial charge is 0.403 e. The van der Waals surface area contributed by atoms with Crippen LogP contribution in [0.5, 0.6) is 0 Å². The largest absolute Gasteiger partial charge is 0.453 e. The molecule has 0 radical (unpaired) electrons. The van der Waals surface area contributed by atoms with Crippen molar-refractivity contribution in [3.05, 3.63) is 59.2 Å². The Morgan fingerprint density at radius 1 is 1.11 bits per heavy atom. The fourth-order valence-electron chi connectivity index (χ4n) is 2.70. The van der Waals surface area contributed by atoms with Gasteiger partial charge in [0.25, 0.3) is 0 Å². The summed E-state index contributed by atoms with van der Waals surface area (Å²) in [5.74, 6) is 0. The fraction of sp³-hybridized carbons (Fsp3) is 0.188. The Bertz CT molecular complexity index is 634. The van der Waals surface area contributed by atoms with Gasteiger partial charge in [0.05, 0.1) is 6.61 Å². The topological polar surface area (TPSA) is 26.3 Å². The Labute approximate surface area is 117 Å². The number of benzene rings is 2. The molecule has 0 atom stereocenters. The first-order chi connectivity index (χ1) is 9.25. The minimum atomic E-state index is -0.740. The second-order valence-corrected chi connectivity index (χ2v) is 4.92. The van der Waals surface area contributed by atoms with Crippen molar-refractivity contribution in [3.63, 3.8) is 0 Å². The molecule has 3 heteroatoms. The maximum atomic E-state index is 10.6. The first-order valence-electron chi connectivity index (χ1n) is 6.27. The molecule has 0 bridgehead atoms. The second-order valence-electron chi connectivity index (χ2n) is 4.61. The molecule has 0 heterocycles. The van der Waals surface area contributed by atoms with E-state index in [1.54, 1.807) is 0 Å². The van der Waals surface area contributed by atoms with E-state index in [1.165, 1.54) is 27.8 Å². The predicted octanol–water partition coefficient (Wildman–Crippen LogP) is 4.18. The van der Waals surface area contributed by atoms with Crippen LogP contribution >= 0.6 is 11.6 Å². The lowest BCUT2D eigenvalue weighted by Gasteiger charge is -2.08. The van der Waals surface area contributed by atoms with Crippen LogP contribution in [0.25, 0.3) is 11.1 Å². The molecule has 1 aliphatic carbocycles. The number of ether oxygens (including phenoxy) is 1. The van der Waals surface area contributed by atoms with Crippen LogP contribution in [0.15, 0.2) is 42.5 Å². The zero-order chi connectivity index (χ0) is 13.2. The molecule has 19 heavy (non-hydrogen) atoms. The Morgan fingerprint density at radius 3 is 2.74 bits per heavy atom. The van der Waals surface area contributed by atoms with Crippen LogP contribution in [-0.2, 0) is 17.6 Å². The van der Waals surface area contributed by atoms with Gasteiger partial charge in [-0.3, -0.25) is 0 Å². The maximum Gasteiger partial charge on any atom is 0.403 e. The molecule has 0 saturated carbocycles. The molecular formula is C16H13ClO2. The number of halogens is 1. The number of hydrogen-bond acceptors (Lipinski definition) is 2. The van der Waals surface area contributed by atoms with Crippen molar-refractivity contribution in [1.82, 2.24) is 0 Å². The summed E-state index contributed by atoms with van der Waals surface area (Å²) in [5, 5.41) is 0. The second kappa shape index (κ2) is 5.06. The van der Waals surface area contributed by atoms with E-state index in [2.05, 4.69) is 42.5 Å². The molecule has 0 aliphatic heterocycles. The van der Waals surface area contributed by atoms with Crippen LogP contribution in [0, 0.1) is 0 Å². The van der Waals surface area contributed by atoms with Crippen LogP contribution in [0.4, 0.5) is 4.79 Å². The molecule has 0 amide bonds. The number of carbonyl (C=O) groups excluding carboxylic acids is 1. The summed E-state index contributed by atoms with van der Waals surface area (Å²) in [6.07, 6.45) is 1.66. The highest BCUT2D eigenvalue weighted by Crippen LogP contribution is 2.38.